The van der Waals surface area contributed by atoms with Crippen molar-refractivity contribution in [1.29, 1.82) is 0 Å². The van der Waals surface area contributed by atoms with Crippen LogP contribution in [0.4, 0.5) is 0 Å². The molecule has 0 amide bonds. The summed E-state index contributed by atoms with van der Waals surface area (Å²) >= 11 is 7.70. The molecule has 0 radical (unpaired) electrons. The number of aromatic nitrogens is 2. The molecule has 1 rings (SSSR count). The lowest BCUT2D eigenvalue weighted by Crippen LogP contribution is -2.25. The molecule has 96 valence electrons. The Balaban J connectivity index is 2.48. The van der Waals surface area contributed by atoms with Gasteiger partial charge >= 0.3 is 0 Å². The maximum absolute atomic E-state index is 5.95. The van der Waals surface area contributed by atoms with Gasteiger partial charge in [-0.15, -0.1) is 11.8 Å². The Morgan fingerprint density at radius 2 is 1.94 bits per heavy atom. The second kappa shape index (κ2) is 7.90. The van der Waals surface area contributed by atoms with Gasteiger partial charge in [0.25, 0.3) is 0 Å². The van der Waals surface area contributed by atoms with Crippen LogP contribution in [0.5, 0.6) is 0 Å². The molecular formula is C12H20ClN3S. The van der Waals surface area contributed by atoms with Crippen LogP contribution in [0.25, 0.3) is 0 Å². The predicted octanol–water partition coefficient (Wildman–Crippen LogP) is 3.13. The molecule has 5 heteroatoms. The maximum Gasteiger partial charge on any atom is 0.133 e. The highest BCUT2D eigenvalue weighted by atomic mass is 35.5. The van der Waals surface area contributed by atoms with Crippen molar-refractivity contribution in [3.63, 3.8) is 0 Å². The molecule has 1 aromatic rings. The van der Waals surface area contributed by atoms with E-state index in [4.69, 9.17) is 11.6 Å². The fraction of sp³-hybridized carbons (Fsp3) is 0.667. The summed E-state index contributed by atoms with van der Waals surface area (Å²) in [6, 6.07) is 1.84. The lowest BCUT2D eigenvalue weighted by atomic mass is 10.4. The summed E-state index contributed by atoms with van der Waals surface area (Å²) in [7, 11) is 0. The normalized spacial score (nSPS) is 11.1. The average molecular weight is 274 g/mol. The third-order valence-electron chi connectivity index (χ3n) is 2.59. The van der Waals surface area contributed by atoms with Crippen molar-refractivity contribution >= 4 is 23.4 Å². The van der Waals surface area contributed by atoms with Gasteiger partial charge in [0.1, 0.15) is 16.0 Å². The van der Waals surface area contributed by atoms with Crippen LogP contribution in [-0.4, -0.2) is 40.3 Å². The van der Waals surface area contributed by atoms with E-state index in [1.807, 2.05) is 13.0 Å². The van der Waals surface area contributed by atoms with E-state index in [-0.39, 0.29) is 0 Å². The highest BCUT2D eigenvalue weighted by Gasteiger charge is 2.04. The van der Waals surface area contributed by atoms with Crippen LogP contribution in [0.15, 0.2) is 11.1 Å². The monoisotopic (exact) mass is 273 g/mol. The highest BCUT2D eigenvalue weighted by molar-refractivity contribution is 7.99. The number of halogens is 1. The first kappa shape index (κ1) is 14.7. The molecule has 0 aliphatic rings. The largest absolute Gasteiger partial charge is 0.303 e. The van der Waals surface area contributed by atoms with Crippen LogP contribution in [0, 0.1) is 0 Å². The molecule has 0 N–H and O–H groups in total. The van der Waals surface area contributed by atoms with Gasteiger partial charge in [0.2, 0.25) is 0 Å². The smallest absolute Gasteiger partial charge is 0.133 e. The molecule has 0 bridgehead atoms. The summed E-state index contributed by atoms with van der Waals surface area (Å²) in [5.41, 5.74) is 0. The van der Waals surface area contributed by atoms with E-state index in [0.717, 1.165) is 42.7 Å². The SMILES string of the molecule is CCc1nc(Cl)cc(SCCN(CC)CC)n1. The van der Waals surface area contributed by atoms with Crippen molar-refractivity contribution < 1.29 is 0 Å². The van der Waals surface area contributed by atoms with Crippen molar-refractivity contribution in [1.82, 2.24) is 14.9 Å². The number of hydrogen-bond donors (Lipinski definition) is 0. The van der Waals surface area contributed by atoms with Gasteiger partial charge in [-0.05, 0) is 13.1 Å². The van der Waals surface area contributed by atoms with Gasteiger partial charge in [0, 0.05) is 24.8 Å². The molecule has 3 nitrogen and oxygen atoms in total. The molecule has 1 heterocycles. The standard InChI is InChI=1S/C12H20ClN3S/c1-4-11-14-10(13)9-12(15-11)17-8-7-16(5-2)6-3/h9H,4-8H2,1-3H3. The molecule has 0 spiro atoms. The Hall–Kier alpha value is -0.320. The van der Waals surface area contributed by atoms with E-state index in [2.05, 4.69) is 28.7 Å². The van der Waals surface area contributed by atoms with Crippen molar-refractivity contribution in [2.24, 2.45) is 0 Å². The summed E-state index contributed by atoms with van der Waals surface area (Å²) in [5, 5.41) is 1.52. The maximum atomic E-state index is 5.95. The Morgan fingerprint density at radius 3 is 2.53 bits per heavy atom. The fourth-order valence-electron chi connectivity index (χ4n) is 1.49. The van der Waals surface area contributed by atoms with Crippen molar-refractivity contribution in [3.8, 4) is 0 Å². The molecule has 0 unspecified atom stereocenters. The molecular weight excluding hydrogens is 254 g/mol. The third kappa shape index (κ3) is 5.23. The average Bonchev–Trinajstić information content (AvgIpc) is 2.34. The van der Waals surface area contributed by atoms with E-state index < -0.39 is 0 Å². The molecule has 0 aromatic carbocycles. The predicted molar refractivity (Wildman–Crippen MR) is 74.9 cm³/mol. The van der Waals surface area contributed by atoms with Crippen LogP contribution >= 0.6 is 23.4 Å². The summed E-state index contributed by atoms with van der Waals surface area (Å²) in [4.78, 5) is 11.0. The Labute approximate surface area is 113 Å². The number of thioether (sulfide) groups is 1. The van der Waals surface area contributed by atoms with E-state index >= 15 is 0 Å². The van der Waals surface area contributed by atoms with Gasteiger partial charge in [-0.3, -0.25) is 0 Å². The zero-order valence-corrected chi connectivity index (χ0v) is 12.3. The minimum Gasteiger partial charge on any atom is -0.303 e. The summed E-state index contributed by atoms with van der Waals surface area (Å²) in [5.74, 6) is 1.86. The lowest BCUT2D eigenvalue weighted by Gasteiger charge is -2.17. The zero-order chi connectivity index (χ0) is 12.7. The van der Waals surface area contributed by atoms with E-state index in [0.29, 0.717) is 5.15 Å². The van der Waals surface area contributed by atoms with E-state index in [1.165, 1.54) is 0 Å². The Bertz CT molecular complexity index is 343. The minimum atomic E-state index is 0.544. The van der Waals surface area contributed by atoms with Gasteiger partial charge < -0.3 is 4.90 Å². The second-order valence-corrected chi connectivity index (χ2v) is 5.18. The number of hydrogen-bond acceptors (Lipinski definition) is 4. The van der Waals surface area contributed by atoms with E-state index in [1.54, 1.807) is 11.8 Å². The topological polar surface area (TPSA) is 29.0 Å². The number of rotatable bonds is 7. The minimum absolute atomic E-state index is 0.544. The quantitative estimate of drug-likeness (QED) is 0.564. The second-order valence-electron chi connectivity index (χ2n) is 3.67. The van der Waals surface area contributed by atoms with Crippen LogP contribution in [0.3, 0.4) is 0 Å². The van der Waals surface area contributed by atoms with Gasteiger partial charge in [0.15, 0.2) is 0 Å². The summed E-state index contributed by atoms with van der Waals surface area (Å²) in [6.45, 7) is 9.69. The number of nitrogens with zero attached hydrogens (tertiary/aromatic N) is 3. The molecule has 0 aliphatic carbocycles. The number of aryl methyl sites for hydroxylation is 1. The molecule has 0 saturated carbocycles. The van der Waals surface area contributed by atoms with Gasteiger partial charge in [0.05, 0.1) is 0 Å². The first-order valence-electron chi connectivity index (χ1n) is 6.08. The zero-order valence-electron chi connectivity index (χ0n) is 10.7. The van der Waals surface area contributed by atoms with Crippen LogP contribution < -0.4 is 0 Å². The fourth-order valence-corrected chi connectivity index (χ4v) is 2.68. The first-order chi connectivity index (χ1) is 8.19. The van der Waals surface area contributed by atoms with E-state index in [9.17, 15) is 0 Å². The van der Waals surface area contributed by atoms with Crippen LogP contribution in [-0.2, 0) is 6.42 Å². The first-order valence-corrected chi connectivity index (χ1v) is 7.44. The molecule has 0 saturated heterocycles. The summed E-state index contributed by atoms with van der Waals surface area (Å²) in [6.07, 6.45) is 0.824. The van der Waals surface area contributed by atoms with Crippen molar-refractivity contribution in [2.45, 2.75) is 32.2 Å². The highest BCUT2D eigenvalue weighted by Crippen LogP contribution is 2.19. The third-order valence-corrected chi connectivity index (χ3v) is 3.67. The van der Waals surface area contributed by atoms with Crippen LogP contribution in [0.2, 0.25) is 5.15 Å². The molecule has 0 fully saturated rings. The Morgan fingerprint density at radius 1 is 1.24 bits per heavy atom. The summed E-state index contributed by atoms with van der Waals surface area (Å²) < 4.78 is 0. The molecule has 0 aliphatic heterocycles. The molecule has 1 aromatic heterocycles. The van der Waals surface area contributed by atoms with Crippen molar-refractivity contribution in [3.05, 3.63) is 17.0 Å². The van der Waals surface area contributed by atoms with Gasteiger partial charge in [-0.2, -0.15) is 0 Å². The van der Waals surface area contributed by atoms with Gasteiger partial charge in [-0.1, -0.05) is 32.4 Å². The molecule has 17 heavy (non-hydrogen) atoms. The van der Waals surface area contributed by atoms with Crippen molar-refractivity contribution in [2.75, 3.05) is 25.4 Å². The molecule has 0 atom stereocenters. The lowest BCUT2D eigenvalue weighted by molar-refractivity contribution is 0.324. The van der Waals surface area contributed by atoms with Gasteiger partial charge in [-0.25, -0.2) is 9.97 Å². The van der Waals surface area contributed by atoms with Crippen LogP contribution in [0.1, 0.15) is 26.6 Å². The Kier molecular flexibility index (Phi) is 6.85.